The lowest BCUT2D eigenvalue weighted by atomic mass is 9.85. The number of aromatic nitrogens is 2. The summed E-state index contributed by atoms with van der Waals surface area (Å²) in [6, 6.07) is 9.28. The summed E-state index contributed by atoms with van der Waals surface area (Å²) in [5, 5.41) is 8.94. The molecule has 1 atom stereocenters. The summed E-state index contributed by atoms with van der Waals surface area (Å²) in [6.07, 6.45) is -9.41. The molecule has 1 spiro atoms. The van der Waals surface area contributed by atoms with Gasteiger partial charge in [-0.1, -0.05) is 18.2 Å². The number of rotatable bonds is 10. The van der Waals surface area contributed by atoms with Gasteiger partial charge < -0.3 is 24.7 Å². The van der Waals surface area contributed by atoms with Crippen LogP contribution in [0.2, 0.25) is 0 Å². The van der Waals surface area contributed by atoms with Crippen molar-refractivity contribution in [3.8, 4) is 5.75 Å². The van der Waals surface area contributed by atoms with Crippen LogP contribution in [0.25, 0.3) is 0 Å². The van der Waals surface area contributed by atoms with Gasteiger partial charge in [0, 0.05) is 24.7 Å². The van der Waals surface area contributed by atoms with E-state index in [1.165, 1.54) is 24.3 Å². The van der Waals surface area contributed by atoms with Crippen LogP contribution >= 0.6 is 0 Å². The number of carboxylic acid groups (broad SMARTS) is 1. The molecule has 1 unspecified atom stereocenters. The fraction of sp³-hybridized carbons (Fsp3) is 0.382. The number of likely N-dealkylation sites (tertiary alicyclic amines) is 1. The number of aliphatic carboxylic acids is 1. The van der Waals surface area contributed by atoms with E-state index in [1.54, 1.807) is 11.0 Å². The molecule has 3 N–H and O–H groups in total. The number of hydrogen-bond acceptors (Lipinski definition) is 8. The molecule has 11 nitrogen and oxygen atoms in total. The highest BCUT2D eigenvalue weighted by atomic mass is 19.4. The van der Waals surface area contributed by atoms with E-state index in [4.69, 9.17) is 24.7 Å². The van der Waals surface area contributed by atoms with Gasteiger partial charge in [0.05, 0.1) is 43.1 Å². The minimum Gasteiger partial charge on any atom is -0.482 e. The molecule has 2 aromatic carbocycles. The fourth-order valence-electron chi connectivity index (χ4n) is 6.68. The van der Waals surface area contributed by atoms with Gasteiger partial charge in [-0.15, -0.1) is 0 Å². The summed E-state index contributed by atoms with van der Waals surface area (Å²) < 4.78 is 114. The van der Waals surface area contributed by atoms with Crippen molar-refractivity contribution in [1.82, 2.24) is 14.0 Å². The Hall–Kier alpha value is -4.94. The Morgan fingerprint density at radius 1 is 0.962 bits per heavy atom. The van der Waals surface area contributed by atoms with Gasteiger partial charge in [-0.3, -0.25) is 18.8 Å². The number of halogens is 7. The summed E-state index contributed by atoms with van der Waals surface area (Å²) in [7, 11) is 0. The van der Waals surface area contributed by atoms with Gasteiger partial charge in [-0.05, 0) is 54.8 Å². The van der Waals surface area contributed by atoms with E-state index in [-0.39, 0.29) is 61.8 Å². The van der Waals surface area contributed by atoms with Gasteiger partial charge in [-0.2, -0.15) is 26.3 Å². The second-order valence-corrected chi connectivity index (χ2v) is 12.6. The average molecular weight is 741 g/mol. The first-order valence-electron chi connectivity index (χ1n) is 15.9. The number of furan rings is 1. The van der Waals surface area contributed by atoms with Crippen molar-refractivity contribution in [1.29, 1.82) is 0 Å². The second kappa shape index (κ2) is 13.9. The van der Waals surface area contributed by atoms with Crippen molar-refractivity contribution in [3.05, 3.63) is 121 Å². The van der Waals surface area contributed by atoms with Crippen LogP contribution in [0.3, 0.4) is 0 Å². The van der Waals surface area contributed by atoms with Crippen molar-refractivity contribution in [3.63, 3.8) is 0 Å². The topological polar surface area (TPSA) is 142 Å². The maximum absolute atomic E-state index is 15.1. The second-order valence-electron chi connectivity index (χ2n) is 12.6. The molecule has 0 saturated carbocycles. The average Bonchev–Trinajstić information content (AvgIpc) is 3.71. The SMILES string of the molecule is NC(Cn1c(=O)c2c(n(Cc3c(F)cccc3C(F)(F)F)c1=O)COC21CCN(Cc2ccc(C(F)(F)F)o2)CC1)c1cccc(OCC(=O)O)c1. The predicted octanol–water partition coefficient (Wildman–Crippen LogP) is 5.01. The Labute approximate surface area is 289 Å². The zero-order chi connectivity index (χ0) is 37.6. The third-order valence-electron chi connectivity index (χ3n) is 9.23. The Kier molecular flexibility index (Phi) is 9.84. The number of carbonyl (C=O) groups is 1. The molecule has 52 heavy (non-hydrogen) atoms. The first kappa shape index (κ1) is 36.8. The predicted molar refractivity (Wildman–Crippen MR) is 167 cm³/mol. The third kappa shape index (κ3) is 7.35. The van der Waals surface area contributed by atoms with Crippen molar-refractivity contribution in [2.45, 2.75) is 63.1 Å². The summed E-state index contributed by atoms with van der Waals surface area (Å²) in [4.78, 5) is 41.1. The standard InChI is InChI=1S/C34H31F7N4O7/c35-24-6-2-5-23(33(36,37)38)22(24)15-44-26-17-51-32(9-11-43(12-10-32)14-21-7-8-27(52-21)34(39,40)41)29(26)30(48)45(31(44)49)16-25(42)19-3-1-4-20(13-19)50-18-28(46)47/h1-8,13,25H,9-12,14-18,42H2,(H,46,47). The molecular formula is C34H31F7N4O7. The van der Waals surface area contributed by atoms with Crippen LogP contribution in [-0.2, 0) is 53.7 Å². The highest BCUT2D eigenvalue weighted by Crippen LogP contribution is 2.43. The van der Waals surface area contributed by atoms with Gasteiger partial charge in [0.15, 0.2) is 6.61 Å². The van der Waals surface area contributed by atoms with Gasteiger partial charge in [0.2, 0.25) is 5.76 Å². The van der Waals surface area contributed by atoms with Gasteiger partial charge >= 0.3 is 24.0 Å². The molecule has 0 amide bonds. The number of nitrogens with two attached hydrogens (primary N) is 1. The lowest BCUT2D eigenvalue weighted by Gasteiger charge is -2.38. The molecule has 1 fully saturated rings. The number of alkyl halides is 6. The van der Waals surface area contributed by atoms with Gasteiger partial charge in [0.25, 0.3) is 5.56 Å². The molecule has 0 bridgehead atoms. The van der Waals surface area contributed by atoms with Gasteiger partial charge in [-0.25, -0.2) is 14.0 Å². The molecule has 0 aliphatic carbocycles. The van der Waals surface area contributed by atoms with E-state index in [2.05, 4.69) is 0 Å². The number of ether oxygens (including phenoxy) is 2. The lowest BCUT2D eigenvalue weighted by molar-refractivity contribution is -0.153. The Balaban J connectivity index is 1.38. The number of fused-ring (bicyclic) bond motifs is 2. The Morgan fingerprint density at radius 2 is 1.67 bits per heavy atom. The van der Waals surface area contributed by atoms with Gasteiger partial charge in [0.1, 0.15) is 22.9 Å². The molecule has 2 aliphatic rings. The van der Waals surface area contributed by atoms with E-state index in [0.29, 0.717) is 11.6 Å². The molecule has 0 radical (unpaired) electrons. The van der Waals surface area contributed by atoms with Crippen LogP contribution < -0.4 is 21.7 Å². The van der Waals surface area contributed by atoms with Crippen molar-refractivity contribution >= 4 is 5.97 Å². The van der Waals surface area contributed by atoms with Crippen molar-refractivity contribution in [2.24, 2.45) is 5.73 Å². The largest absolute Gasteiger partial charge is 0.482 e. The van der Waals surface area contributed by atoms with Crippen LogP contribution in [-0.4, -0.2) is 44.8 Å². The molecule has 2 aliphatic heterocycles. The van der Waals surface area contributed by atoms with E-state index in [1.807, 2.05) is 0 Å². The monoisotopic (exact) mass is 740 g/mol. The number of hydrogen-bond donors (Lipinski definition) is 2. The Bertz CT molecular complexity index is 2100. The van der Waals surface area contributed by atoms with Crippen molar-refractivity contribution < 1.29 is 54.5 Å². The zero-order valence-electron chi connectivity index (χ0n) is 27.1. The molecule has 2 aromatic heterocycles. The molecule has 4 heterocycles. The first-order valence-corrected chi connectivity index (χ1v) is 15.9. The fourth-order valence-corrected chi connectivity index (χ4v) is 6.68. The number of benzene rings is 2. The molecule has 1 saturated heterocycles. The number of piperidine rings is 1. The zero-order valence-corrected chi connectivity index (χ0v) is 27.1. The summed E-state index contributed by atoms with van der Waals surface area (Å²) >= 11 is 0. The van der Waals surface area contributed by atoms with Crippen LogP contribution in [0.15, 0.2) is 68.6 Å². The van der Waals surface area contributed by atoms with E-state index in [0.717, 1.165) is 27.3 Å². The smallest absolute Gasteiger partial charge is 0.449 e. The van der Waals surface area contributed by atoms with Crippen molar-refractivity contribution in [2.75, 3.05) is 19.7 Å². The highest BCUT2D eigenvalue weighted by Gasteiger charge is 2.47. The first-order chi connectivity index (χ1) is 24.5. The number of carboxylic acids is 1. The van der Waals surface area contributed by atoms with Crippen LogP contribution in [0.1, 0.15) is 58.4 Å². The maximum Gasteiger partial charge on any atom is 0.449 e. The van der Waals surface area contributed by atoms with E-state index >= 15 is 4.39 Å². The molecule has 278 valence electrons. The minimum absolute atomic E-state index is 0.0141. The summed E-state index contributed by atoms with van der Waals surface area (Å²) in [5.74, 6) is -3.41. The summed E-state index contributed by atoms with van der Waals surface area (Å²) in [5.41, 5.74) is 1.36. The quantitative estimate of drug-likeness (QED) is 0.215. The molecule has 18 heteroatoms. The molecule has 6 rings (SSSR count). The molecule has 4 aromatic rings. The lowest BCUT2D eigenvalue weighted by Crippen LogP contribution is -2.49. The minimum atomic E-state index is -4.98. The van der Waals surface area contributed by atoms with Crippen LogP contribution in [0.4, 0.5) is 30.7 Å². The third-order valence-corrected chi connectivity index (χ3v) is 9.23. The van der Waals surface area contributed by atoms with E-state index in [9.17, 15) is 40.7 Å². The highest BCUT2D eigenvalue weighted by molar-refractivity contribution is 5.68. The number of nitrogens with zero attached hydrogens (tertiary/aromatic N) is 3. The van der Waals surface area contributed by atoms with Crippen LogP contribution in [0.5, 0.6) is 5.75 Å². The van der Waals surface area contributed by atoms with Crippen LogP contribution in [0, 0.1) is 5.82 Å². The maximum atomic E-state index is 15.1. The van der Waals surface area contributed by atoms with E-state index < -0.39 is 83.6 Å². The molecular weight excluding hydrogens is 709 g/mol. The normalized spacial score (nSPS) is 16.6. The summed E-state index contributed by atoms with van der Waals surface area (Å²) in [6.45, 7) is -1.98. The Morgan fingerprint density at radius 3 is 2.33 bits per heavy atom.